The van der Waals surface area contributed by atoms with E-state index in [0.29, 0.717) is 17.6 Å². The zero-order valence-corrected chi connectivity index (χ0v) is 20.8. The highest BCUT2D eigenvalue weighted by molar-refractivity contribution is 7.25. The van der Waals surface area contributed by atoms with Gasteiger partial charge in [0.1, 0.15) is 15.9 Å². The van der Waals surface area contributed by atoms with Crippen LogP contribution in [-0.2, 0) is 0 Å². The zero-order valence-electron chi connectivity index (χ0n) is 20.0. The molecule has 0 atom stereocenters. The van der Waals surface area contributed by atoms with Crippen molar-refractivity contribution >= 4 is 53.8 Å². The molecule has 7 heteroatoms. The summed E-state index contributed by atoms with van der Waals surface area (Å²) in [5.41, 5.74) is 5.29. The lowest BCUT2D eigenvalue weighted by atomic mass is 10.2. The average molecular weight is 507 g/mol. The maximum absolute atomic E-state index is 5.16. The summed E-state index contributed by atoms with van der Waals surface area (Å²) < 4.78 is 3.19. The Morgan fingerprint density at radius 1 is 0.500 bits per heavy atom. The van der Waals surface area contributed by atoms with Gasteiger partial charge in [0.15, 0.2) is 17.3 Å². The van der Waals surface area contributed by atoms with E-state index in [4.69, 9.17) is 24.9 Å². The van der Waals surface area contributed by atoms with E-state index in [1.165, 1.54) is 4.70 Å². The number of nitrogens with zero attached hydrogens (tertiary/aromatic N) is 6. The summed E-state index contributed by atoms with van der Waals surface area (Å²) in [5.74, 6) is 1.73. The molecule has 4 heterocycles. The van der Waals surface area contributed by atoms with Gasteiger partial charge in [0.25, 0.3) is 0 Å². The van der Waals surface area contributed by atoms with Gasteiger partial charge >= 0.3 is 0 Å². The summed E-state index contributed by atoms with van der Waals surface area (Å²) in [7, 11) is 0. The van der Waals surface area contributed by atoms with Gasteiger partial charge in [-0.25, -0.2) is 15.0 Å². The van der Waals surface area contributed by atoms with E-state index in [0.717, 1.165) is 48.9 Å². The fourth-order valence-electron chi connectivity index (χ4n) is 4.93. The van der Waals surface area contributed by atoms with Gasteiger partial charge in [0, 0.05) is 26.6 Å². The predicted octanol–water partition coefficient (Wildman–Crippen LogP) is 7.46. The van der Waals surface area contributed by atoms with Gasteiger partial charge in [0.2, 0.25) is 5.95 Å². The van der Waals surface area contributed by atoms with Crippen LogP contribution in [0.3, 0.4) is 0 Å². The first-order valence-electron chi connectivity index (χ1n) is 12.3. The van der Waals surface area contributed by atoms with Crippen molar-refractivity contribution < 1.29 is 0 Å². The molecule has 0 bridgehead atoms. The van der Waals surface area contributed by atoms with Gasteiger partial charge < -0.3 is 0 Å². The third-order valence-electron chi connectivity index (χ3n) is 6.69. The molecule has 8 rings (SSSR count). The van der Waals surface area contributed by atoms with E-state index in [9.17, 15) is 0 Å². The lowest BCUT2D eigenvalue weighted by Gasteiger charge is -2.10. The fourth-order valence-corrected chi connectivity index (χ4v) is 5.95. The number of hydrogen-bond acceptors (Lipinski definition) is 6. The molecule has 38 heavy (non-hydrogen) atoms. The molecule has 0 saturated heterocycles. The number of rotatable bonds is 3. The second kappa shape index (κ2) is 8.26. The molecule has 4 aromatic heterocycles. The first-order valence-corrected chi connectivity index (χ1v) is 13.1. The molecule has 8 aromatic rings. The van der Waals surface area contributed by atoms with Gasteiger partial charge in [-0.2, -0.15) is 9.97 Å². The largest absolute Gasteiger partial charge is 0.260 e. The van der Waals surface area contributed by atoms with Crippen molar-refractivity contribution in [2.75, 3.05) is 0 Å². The molecular formula is C31H18N6S. The van der Waals surface area contributed by atoms with Crippen molar-refractivity contribution in [3.63, 3.8) is 0 Å². The summed E-state index contributed by atoms with van der Waals surface area (Å²) in [5, 5.41) is 2.13. The molecule has 0 aliphatic carbocycles. The molecule has 0 amide bonds. The number of benzene rings is 4. The van der Waals surface area contributed by atoms with Crippen LogP contribution in [0.5, 0.6) is 0 Å². The first-order chi connectivity index (χ1) is 18.8. The summed E-state index contributed by atoms with van der Waals surface area (Å²) in [6.07, 6.45) is 0. The van der Waals surface area contributed by atoms with Gasteiger partial charge in [-0.3, -0.25) is 4.57 Å². The Kier molecular flexibility index (Phi) is 4.59. The third-order valence-corrected chi connectivity index (χ3v) is 7.75. The molecule has 0 fully saturated rings. The third kappa shape index (κ3) is 3.22. The van der Waals surface area contributed by atoms with Crippen LogP contribution in [0.25, 0.3) is 71.2 Å². The Hall–Kier alpha value is -5.01. The van der Waals surface area contributed by atoms with Crippen LogP contribution in [0.15, 0.2) is 109 Å². The maximum Gasteiger partial charge on any atom is 0.240 e. The predicted molar refractivity (Wildman–Crippen MR) is 154 cm³/mol. The molecule has 0 spiro atoms. The van der Waals surface area contributed by atoms with E-state index >= 15 is 0 Å². The minimum Gasteiger partial charge on any atom is -0.260 e. The summed E-state index contributed by atoms with van der Waals surface area (Å²) in [4.78, 5) is 26.0. The van der Waals surface area contributed by atoms with Crippen molar-refractivity contribution in [3.05, 3.63) is 109 Å². The van der Waals surface area contributed by atoms with Crippen molar-refractivity contribution in [2.24, 2.45) is 0 Å². The highest BCUT2D eigenvalue weighted by atomic mass is 32.1. The topological polar surface area (TPSA) is 69.4 Å². The van der Waals surface area contributed by atoms with Gasteiger partial charge in [-0.05, 0) is 12.1 Å². The van der Waals surface area contributed by atoms with Crippen molar-refractivity contribution in [1.82, 2.24) is 29.5 Å². The van der Waals surface area contributed by atoms with Crippen molar-refractivity contribution in [2.45, 2.75) is 0 Å². The van der Waals surface area contributed by atoms with Crippen molar-refractivity contribution in [3.8, 4) is 28.7 Å². The number of aromatic nitrogens is 6. The average Bonchev–Trinajstić information content (AvgIpc) is 3.51. The van der Waals surface area contributed by atoms with Crippen LogP contribution in [0.1, 0.15) is 0 Å². The van der Waals surface area contributed by atoms with E-state index in [2.05, 4.69) is 24.3 Å². The smallest absolute Gasteiger partial charge is 0.240 e. The molecule has 0 N–H and O–H groups in total. The van der Waals surface area contributed by atoms with Crippen LogP contribution in [-0.4, -0.2) is 29.5 Å². The molecular weight excluding hydrogens is 488 g/mol. The Morgan fingerprint density at radius 2 is 1.11 bits per heavy atom. The van der Waals surface area contributed by atoms with Crippen LogP contribution >= 0.6 is 11.3 Å². The molecule has 6 nitrogen and oxygen atoms in total. The van der Waals surface area contributed by atoms with Gasteiger partial charge in [0.05, 0.1) is 5.52 Å². The van der Waals surface area contributed by atoms with E-state index in [-0.39, 0.29) is 0 Å². The normalized spacial score (nSPS) is 11.7. The standard InChI is InChI=1S/C31H18N6S/c1-3-11-19(12-4-1)27-33-28(20-13-5-2-6-14-20)35-31(34-27)37-23-17-9-7-15-21(23)25-29(37)36-30-26(32-25)22-16-8-10-18-24(22)38-30/h1-18H. The Labute approximate surface area is 220 Å². The number of thiophene rings is 1. The van der Waals surface area contributed by atoms with Crippen LogP contribution in [0.2, 0.25) is 0 Å². The maximum atomic E-state index is 5.16. The minimum absolute atomic E-state index is 0.513. The zero-order chi connectivity index (χ0) is 25.1. The van der Waals surface area contributed by atoms with Gasteiger partial charge in [-0.15, -0.1) is 11.3 Å². The molecule has 4 aromatic carbocycles. The molecule has 0 unspecified atom stereocenters. The lowest BCUT2D eigenvalue weighted by Crippen LogP contribution is -2.07. The molecule has 0 radical (unpaired) electrons. The van der Waals surface area contributed by atoms with E-state index in [1.807, 2.05) is 89.5 Å². The Balaban J connectivity index is 1.48. The second-order valence-electron chi connectivity index (χ2n) is 9.02. The van der Waals surface area contributed by atoms with Gasteiger partial charge in [-0.1, -0.05) is 97.1 Å². The molecule has 0 aliphatic rings. The quantitative estimate of drug-likeness (QED) is 0.249. The highest BCUT2D eigenvalue weighted by Gasteiger charge is 2.21. The Bertz CT molecular complexity index is 2070. The SMILES string of the molecule is c1ccc(-c2nc(-c3ccccc3)nc(-n3c4ccccc4c4nc5c(nc43)sc3ccccc35)n2)cc1. The number of fused-ring (bicyclic) bond motifs is 6. The molecule has 0 aliphatic heterocycles. The molecule has 178 valence electrons. The highest BCUT2D eigenvalue weighted by Crippen LogP contribution is 2.36. The van der Waals surface area contributed by atoms with Crippen molar-refractivity contribution in [1.29, 1.82) is 0 Å². The van der Waals surface area contributed by atoms with Crippen LogP contribution < -0.4 is 0 Å². The summed E-state index contributed by atoms with van der Waals surface area (Å²) in [6, 6.07) is 36.5. The number of hydrogen-bond donors (Lipinski definition) is 0. The minimum atomic E-state index is 0.513. The summed E-state index contributed by atoms with van der Waals surface area (Å²) in [6.45, 7) is 0. The van der Waals surface area contributed by atoms with Crippen LogP contribution in [0.4, 0.5) is 0 Å². The Morgan fingerprint density at radius 3 is 1.82 bits per heavy atom. The van der Waals surface area contributed by atoms with E-state index < -0.39 is 0 Å². The van der Waals surface area contributed by atoms with E-state index in [1.54, 1.807) is 11.3 Å². The fraction of sp³-hybridized carbons (Fsp3) is 0. The monoisotopic (exact) mass is 506 g/mol. The number of para-hydroxylation sites is 1. The second-order valence-corrected chi connectivity index (χ2v) is 10.0. The lowest BCUT2D eigenvalue weighted by molar-refractivity contribution is 0.945. The molecule has 0 saturated carbocycles. The first kappa shape index (κ1) is 21.1. The van der Waals surface area contributed by atoms with Crippen LogP contribution in [0, 0.1) is 0 Å². The summed E-state index contributed by atoms with van der Waals surface area (Å²) >= 11 is 1.65.